The van der Waals surface area contributed by atoms with Crippen molar-refractivity contribution < 1.29 is 4.39 Å². The van der Waals surface area contributed by atoms with E-state index in [0.717, 1.165) is 5.56 Å². The van der Waals surface area contributed by atoms with Gasteiger partial charge in [-0.3, -0.25) is 0 Å². The van der Waals surface area contributed by atoms with Crippen LogP contribution in [0.5, 0.6) is 0 Å². The lowest BCUT2D eigenvalue weighted by Crippen LogP contribution is -2.03. The molecule has 96 valence electrons. The van der Waals surface area contributed by atoms with Crippen LogP contribution in [0.2, 0.25) is 0 Å². The van der Waals surface area contributed by atoms with Crippen LogP contribution >= 0.6 is 0 Å². The zero-order valence-electron chi connectivity index (χ0n) is 10.9. The van der Waals surface area contributed by atoms with Crippen LogP contribution in [0, 0.1) is 31.0 Å². The van der Waals surface area contributed by atoms with Gasteiger partial charge < -0.3 is 5.32 Å². The van der Waals surface area contributed by atoms with Gasteiger partial charge in [-0.05, 0) is 42.7 Å². The smallest absolute Gasteiger partial charge is 0.142 e. The van der Waals surface area contributed by atoms with Crippen molar-refractivity contribution in [1.29, 1.82) is 5.26 Å². The number of anilines is 1. The Balaban J connectivity index is 2.12. The van der Waals surface area contributed by atoms with Crippen LogP contribution in [-0.4, -0.2) is 4.98 Å². The molecule has 1 aromatic carbocycles. The van der Waals surface area contributed by atoms with E-state index in [1.807, 2.05) is 18.2 Å². The van der Waals surface area contributed by atoms with E-state index in [-0.39, 0.29) is 5.82 Å². The van der Waals surface area contributed by atoms with Crippen molar-refractivity contribution in [3.8, 4) is 6.07 Å². The van der Waals surface area contributed by atoms with Crippen molar-refractivity contribution in [1.82, 2.24) is 4.98 Å². The third-order valence-corrected chi connectivity index (χ3v) is 2.83. The number of hydrogen-bond donors (Lipinski definition) is 1. The predicted molar refractivity (Wildman–Crippen MR) is 72.2 cm³/mol. The second kappa shape index (κ2) is 5.49. The second-order valence-corrected chi connectivity index (χ2v) is 4.42. The molecule has 0 aliphatic carbocycles. The van der Waals surface area contributed by atoms with Crippen LogP contribution < -0.4 is 5.32 Å². The molecule has 1 heterocycles. The maximum absolute atomic E-state index is 13.5. The average Bonchev–Trinajstić information content (AvgIpc) is 2.42. The van der Waals surface area contributed by atoms with Crippen LogP contribution in [0.1, 0.15) is 22.4 Å². The summed E-state index contributed by atoms with van der Waals surface area (Å²) in [7, 11) is 0. The SMILES string of the molecule is Cc1cc(CNc2cccc(C#N)n2)cc(C)c1F. The Morgan fingerprint density at radius 3 is 2.58 bits per heavy atom. The molecule has 4 heteroatoms. The molecule has 2 aromatic rings. The highest BCUT2D eigenvalue weighted by atomic mass is 19.1. The molecule has 19 heavy (non-hydrogen) atoms. The zero-order chi connectivity index (χ0) is 13.8. The van der Waals surface area contributed by atoms with E-state index in [9.17, 15) is 4.39 Å². The molecule has 0 aliphatic heterocycles. The van der Waals surface area contributed by atoms with Crippen molar-refractivity contribution in [2.45, 2.75) is 20.4 Å². The second-order valence-electron chi connectivity index (χ2n) is 4.42. The first-order valence-electron chi connectivity index (χ1n) is 5.97. The van der Waals surface area contributed by atoms with E-state index >= 15 is 0 Å². The summed E-state index contributed by atoms with van der Waals surface area (Å²) in [4.78, 5) is 4.12. The van der Waals surface area contributed by atoms with Crippen LogP contribution in [-0.2, 0) is 6.54 Å². The molecule has 0 fully saturated rings. The van der Waals surface area contributed by atoms with E-state index < -0.39 is 0 Å². The fourth-order valence-corrected chi connectivity index (χ4v) is 1.93. The third kappa shape index (κ3) is 3.08. The van der Waals surface area contributed by atoms with Gasteiger partial charge in [0, 0.05) is 6.54 Å². The monoisotopic (exact) mass is 255 g/mol. The van der Waals surface area contributed by atoms with Crippen LogP contribution in [0.4, 0.5) is 10.2 Å². The fourth-order valence-electron chi connectivity index (χ4n) is 1.93. The Morgan fingerprint density at radius 1 is 1.26 bits per heavy atom. The van der Waals surface area contributed by atoms with Gasteiger partial charge in [0.2, 0.25) is 0 Å². The van der Waals surface area contributed by atoms with Gasteiger partial charge in [0.05, 0.1) is 0 Å². The van der Waals surface area contributed by atoms with E-state index in [4.69, 9.17) is 5.26 Å². The molecule has 0 saturated heterocycles. The maximum Gasteiger partial charge on any atom is 0.142 e. The van der Waals surface area contributed by atoms with Crippen molar-refractivity contribution in [2.75, 3.05) is 5.32 Å². The highest BCUT2D eigenvalue weighted by molar-refractivity contribution is 5.40. The molecular formula is C15H14FN3. The normalized spacial score (nSPS) is 10.0. The molecule has 0 amide bonds. The number of rotatable bonds is 3. The molecule has 1 N–H and O–H groups in total. The highest BCUT2D eigenvalue weighted by Crippen LogP contribution is 2.15. The Morgan fingerprint density at radius 2 is 1.95 bits per heavy atom. The molecule has 0 atom stereocenters. The first-order chi connectivity index (χ1) is 9.10. The molecule has 0 radical (unpaired) electrons. The lowest BCUT2D eigenvalue weighted by atomic mass is 10.1. The largest absolute Gasteiger partial charge is 0.366 e. The minimum absolute atomic E-state index is 0.159. The number of pyridine rings is 1. The maximum atomic E-state index is 13.5. The summed E-state index contributed by atoms with van der Waals surface area (Å²) in [6.45, 7) is 4.05. The van der Waals surface area contributed by atoms with E-state index in [0.29, 0.717) is 29.2 Å². The average molecular weight is 255 g/mol. The number of nitrogens with zero attached hydrogens (tertiary/aromatic N) is 2. The van der Waals surface area contributed by atoms with E-state index in [2.05, 4.69) is 10.3 Å². The number of hydrogen-bond acceptors (Lipinski definition) is 3. The summed E-state index contributed by atoms with van der Waals surface area (Å²) in [6, 6.07) is 10.8. The van der Waals surface area contributed by atoms with Gasteiger partial charge in [-0.2, -0.15) is 5.26 Å². The Hall–Kier alpha value is -2.41. The quantitative estimate of drug-likeness (QED) is 0.915. The lowest BCUT2D eigenvalue weighted by Gasteiger charge is -2.09. The third-order valence-electron chi connectivity index (χ3n) is 2.83. The summed E-state index contributed by atoms with van der Waals surface area (Å²) < 4.78 is 13.5. The highest BCUT2D eigenvalue weighted by Gasteiger charge is 2.04. The minimum atomic E-state index is -0.159. The topological polar surface area (TPSA) is 48.7 Å². The molecule has 0 bridgehead atoms. The van der Waals surface area contributed by atoms with Crippen molar-refractivity contribution in [3.63, 3.8) is 0 Å². The molecule has 0 aliphatic rings. The van der Waals surface area contributed by atoms with Gasteiger partial charge >= 0.3 is 0 Å². The van der Waals surface area contributed by atoms with Crippen LogP contribution in [0.25, 0.3) is 0 Å². The van der Waals surface area contributed by atoms with Gasteiger partial charge in [-0.1, -0.05) is 18.2 Å². The minimum Gasteiger partial charge on any atom is -0.366 e. The zero-order valence-corrected chi connectivity index (χ0v) is 10.9. The molecule has 2 rings (SSSR count). The van der Waals surface area contributed by atoms with Crippen molar-refractivity contribution >= 4 is 5.82 Å². The number of halogens is 1. The van der Waals surface area contributed by atoms with Gasteiger partial charge in [-0.15, -0.1) is 0 Å². The van der Waals surface area contributed by atoms with Gasteiger partial charge in [0.15, 0.2) is 0 Å². The Kier molecular flexibility index (Phi) is 3.76. The fraction of sp³-hybridized carbons (Fsp3) is 0.200. The van der Waals surface area contributed by atoms with Crippen LogP contribution in [0.15, 0.2) is 30.3 Å². The standard InChI is InChI=1S/C15H14FN3/c1-10-6-12(7-11(2)15(10)16)9-18-14-5-3-4-13(8-17)19-14/h3-7H,9H2,1-2H3,(H,18,19). The Labute approximate surface area is 111 Å². The summed E-state index contributed by atoms with van der Waals surface area (Å²) in [6.07, 6.45) is 0. The number of nitriles is 1. The van der Waals surface area contributed by atoms with Gasteiger partial charge in [-0.25, -0.2) is 9.37 Å². The first-order valence-corrected chi connectivity index (χ1v) is 5.97. The molecule has 1 aromatic heterocycles. The molecule has 3 nitrogen and oxygen atoms in total. The molecule has 0 unspecified atom stereocenters. The van der Waals surface area contributed by atoms with Gasteiger partial charge in [0.1, 0.15) is 23.4 Å². The van der Waals surface area contributed by atoms with E-state index in [1.165, 1.54) is 0 Å². The number of aromatic nitrogens is 1. The molecule has 0 saturated carbocycles. The summed E-state index contributed by atoms with van der Waals surface area (Å²) in [5.74, 6) is 0.479. The summed E-state index contributed by atoms with van der Waals surface area (Å²) in [5, 5.41) is 11.9. The Bertz CT molecular complexity index is 621. The number of benzene rings is 1. The van der Waals surface area contributed by atoms with E-state index in [1.54, 1.807) is 32.0 Å². The van der Waals surface area contributed by atoms with Crippen molar-refractivity contribution in [2.24, 2.45) is 0 Å². The number of nitrogens with one attached hydrogen (secondary N) is 1. The number of aryl methyl sites for hydroxylation is 2. The molecular weight excluding hydrogens is 241 g/mol. The summed E-state index contributed by atoms with van der Waals surface area (Å²) >= 11 is 0. The lowest BCUT2D eigenvalue weighted by molar-refractivity contribution is 0.608. The molecule has 0 spiro atoms. The predicted octanol–water partition coefficient (Wildman–Crippen LogP) is 3.32. The summed E-state index contributed by atoms with van der Waals surface area (Å²) in [5.41, 5.74) is 2.63. The van der Waals surface area contributed by atoms with Crippen molar-refractivity contribution in [3.05, 3.63) is 58.5 Å². The first kappa shape index (κ1) is 13.0. The van der Waals surface area contributed by atoms with Gasteiger partial charge in [0.25, 0.3) is 0 Å². The van der Waals surface area contributed by atoms with Crippen LogP contribution in [0.3, 0.4) is 0 Å².